The van der Waals surface area contributed by atoms with Crippen molar-refractivity contribution in [3.05, 3.63) is 112 Å². The van der Waals surface area contributed by atoms with Crippen molar-refractivity contribution in [2.45, 2.75) is 58.7 Å². The molecule has 0 N–H and O–H groups in total. The summed E-state index contributed by atoms with van der Waals surface area (Å²) in [6, 6.07) is 17.5. The van der Waals surface area contributed by atoms with E-state index in [9.17, 15) is 22.4 Å². The second-order valence-electron chi connectivity index (χ2n) is 16.1. The highest BCUT2D eigenvalue weighted by molar-refractivity contribution is 7.22. The molecule has 18 heteroatoms. The van der Waals surface area contributed by atoms with Gasteiger partial charge in [0.15, 0.2) is 0 Å². The third kappa shape index (κ3) is 11.3. The van der Waals surface area contributed by atoms with Crippen LogP contribution in [0, 0.1) is 12.7 Å². The molecular formula is C47H48ClF4N7O5S. The Morgan fingerprint density at radius 1 is 0.938 bits per heavy atom. The zero-order valence-electron chi connectivity index (χ0n) is 36.2. The number of halogens is 5. The molecule has 0 saturated carbocycles. The molecule has 6 aromatic rings. The highest BCUT2D eigenvalue weighted by Gasteiger charge is 2.31. The molecule has 3 aliphatic heterocycles. The number of fused-ring (bicyclic) bond motifs is 6. The van der Waals surface area contributed by atoms with Crippen LogP contribution in [0.25, 0.3) is 31.8 Å². The van der Waals surface area contributed by atoms with E-state index in [1.807, 2.05) is 31.2 Å². The third-order valence-electron chi connectivity index (χ3n) is 11.4. The Bertz CT molecular complexity index is 2630. The fourth-order valence-corrected chi connectivity index (χ4v) is 9.35. The van der Waals surface area contributed by atoms with Gasteiger partial charge in [-0.05, 0) is 78.5 Å². The molecule has 9 rings (SSSR count). The SMILES string of the molecule is CCOC(=O)[C@H]1Cc2cc(ccc2OCc2ccnc(OCCC(F)(F)F)n2)CN(CCN2CCN(C)CC2)Cc2ccc(c(C)c2Cl)-c2c(-c3ccc(F)cc3)sc3ncnc(c23)O1. The summed E-state index contributed by atoms with van der Waals surface area (Å²) in [5.41, 5.74) is 6.02. The topological polar surface area (TPSA) is 115 Å². The second-order valence-corrected chi connectivity index (χ2v) is 17.5. The van der Waals surface area contributed by atoms with Gasteiger partial charge in [-0.1, -0.05) is 48.0 Å². The second kappa shape index (κ2) is 20.4. The summed E-state index contributed by atoms with van der Waals surface area (Å²) in [4.78, 5) is 40.0. The first-order valence-electron chi connectivity index (χ1n) is 21.4. The monoisotopic (exact) mass is 933 g/mol. The predicted octanol–water partition coefficient (Wildman–Crippen LogP) is 8.94. The number of nitrogens with zero attached hydrogens (tertiary/aromatic N) is 7. The van der Waals surface area contributed by atoms with Gasteiger partial charge in [0.1, 0.15) is 35.9 Å². The van der Waals surface area contributed by atoms with Crippen LogP contribution in [0.5, 0.6) is 17.6 Å². The average molecular weight is 934 g/mol. The molecule has 0 aliphatic carbocycles. The maximum atomic E-state index is 14.3. The Balaban J connectivity index is 1.22. The van der Waals surface area contributed by atoms with Crippen LogP contribution in [-0.4, -0.2) is 112 Å². The fraction of sp³-hybridized carbons (Fsp3) is 0.383. The summed E-state index contributed by atoms with van der Waals surface area (Å²) in [5.74, 6) is -0.429. The van der Waals surface area contributed by atoms with Gasteiger partial charge in [-0.3, -0.25) is 9.80 Å². The number of hydrogen-bond donors (Lipinski definition) is 0. The maximum Gasteiger partial charge on any atom is 0.392 e. The van der Waals surface area contributed by atoms with Gasteiger partial charge in [-0.15, -0.1) is 11.3 Å². The molecule has 12 nitrogen and oxygen atoms in total. The zero-order valence-corrected chi connectivity index (χ0v) is 37.7. The number of carbonyl (C=O) groups is 1. The third-order valence-corrected chi connectivity index (χ3v) is 13.1. The molecule has 65 heavy (non-hydrogen) atoms. The Hall–Kier alpha value is -5.46. The standard InChI is InChI=1S/C47H48ClF4N7O5S/c1-4-61-45(60)38-24-33-23-30(5-12-37(33)63-27-35-13-15-53-46(56-35)62-22-14-47(50,51)52)25-59(21-20-58-18-16-57(3)17-19-58)26-32-8-11-36(29(2)41(32)48)39-40-43(64-38)54-28-55-44(40)65-42(39)31-6-9-34(49)10-7-31/h5-13,15,23,28,38H,4,14,16-22,24-27H2,1-3H3/t38-/m1/s1. The molecule has 0 spiro atoms. The minimum Gasteiger partial charge on any atom is -0.487 e. The van der Waals surface area contributed by atoms with Crippen molar-refractivity contribution < 1.29 is 41.3 Å². The van der Waals surface area contributed by atoms with Gasteiger partial charge in [-0.25, -0.2) is 24.1 Å². The lowest BCUT2D eigenvalue weighted by Crippen LogP contribution is -2.46. The largest absolute Gasteiger partial charge is 0.487 e. The minimum absolute atomic E-state index is 0.00722. The summed E-state index contributed by atoms with van der Waals surface area (Å²) < 4.78 is 76.5. The van der Waals surface area contributed by atoms with Gasteiger partial charge in [0, 0.05) is 80.4 Å². The van der Waals surface area contributed by atoms with Crippen molar-refractivity contribution >= 4 is 39.1 Å². The van der Waals surface area contributed by atoms with E-state index in [1.54, 1.807) is 25.1 Å². The molecule has 1 atom stereocenters. The first-order valence-corrected chi connectivity index (χ1v) is 22.6. The number of likely N-dealkylation sites (N-methyl/N-ethyl adjacent to an activating group) is 1. The van der Waals surface area contributed by atoms with Gasteiger partial charge in [0.05, 0.1) is 24.1 Å². The van der Waals surface area contributed by atoms with Crippen molar-refractivity contribution in [1.82, 2.24) is 34.6 Å². The van der Waals surface area contributed by atoms with Crippen LogP contribution in [0.4, 0.5) is 17.6 Å². The molecule has 0 radical (unpaired) electrons. The molecule has 1 fully saturated rings. The summed E-state index contributed by atoms with van der Waals surface area (Å²) in [5, 5.41) is 1.16. The lowest BCUT2D eigenvalue weighted by molar-refractivity contribution is -0.151. The number of piperazine rings is 1. The number of ether oxygens (including phenoxy) is 4. The molecule has 1 saturated heterocycles. The van der Waals surface area contributed by atoms with E-state index in [2.05, 4.69) is 47.7 Å². The van der Waals surface area contributed by atoms with Crippen LogP contribution in [0.3, 0.4) is 0 Å². The van der Waals surface area contributed by atoms with Crippen molar-refractivity contribution in [1.29, 1.82) is 0 Å². The Labute approximate surface area is 383 Å². The fourth-order valence-electron chi connectivity index (χ4n) is 7.97. The molecule has 342 valence electrons. The Morgan fingerprint density at radius 3 is 2.49 bits per heavy atom. The van der Waals surface area contributed by atoms with Gasteiger partial charge in [0.25, 0.3) is 0 Å². The molecule has 4 bridgehead atoms. The summed E-state index contributed by atoms with van der Waals surface area (Å²) in [6.45, 7) is 9.66. The molecule has 3 aromatic carbocycles. The van der Waals surface area contributed by atoms with Crippen molar-refractivity contribution in [2.24, 2.45) is 0 Å². The Kier molecular flexibility index (Phi) is 14.4. The van der Waals surface area contributed by atoms with Crippen LogP contribution in [0.2, 0.25) is 5.02 Å². The van der Waals surface area contributed by atoms with E-state index < -0.39 is 31.3 Å². The summed E-state index contributed by atoms with van der Waals surface area (Å²) in [7, 11) is 2.14. The molecule has 3 aliphatic rings. The Morgan fingerprint density at radius 2 is 1.72 bits per heavy atom. The lowest BCUT2D eigenvalue weighted by atomic mass is 9.94. The number of alkyl halides is 3. The van der Waals surface area contributed by atoms with E-state index in [4.69, 9.17) is 30.5 Å². The van der Waals surface area contributed by atoms with Gasteiger partial charge >= 0.3 is 18.2 Å². The molecular weight excluding hydrogens is 886 g/mol. The van der Waals surface area contributed by atoms with Gasteiger partial charge < -0.3 is 23.8 Å². The van der Waals surface area contributed by atoms with Crippen molar-refractivity contribution in [3.8, 4) is 39.2 Å². The van der Waals surface area contributed by atoms with Crippen molar-refractivity contribution in [2.75, 3.05) is 59.5 Å². The van der Waals surface area contributed by atoms with E-state index in [0.717, 1.165) is 77.5 Å². The normalized spacial score (nSPS) is 16.4. The lowest BCUT2D eigenvalue weighted by Gasteiger charge is -2.34. The molecule has 3 aromatic heterocycles. The van der Waals surface area contributed by atoms with Crippen LogP contribution < -0.4 is 14.2 Å². The number of hydrogen-bond acceptors (Lipinski definition) is 13. The number of benzene rings is 3. The van der Waals surface area contributed by atoms with Gasteiger partial charge in [-0.2, -0.15) is 18.2 Å². The van der Waals surface area contributed by atoms with Crippen LogP contribution >= 0.6 is 22.9 Å². The van der Waals surface area contributed by atoms with E-state index in [0.29, 0.717) is 45.3 Å². The number of aromatic nitrogens is 4. The van der Waals surface area contributed by atoms with Crippen LogP contribution in [-0.2, 0) is 35.6 Å². The quantitative estimate of drug-likeness (QED) is 0.0863. The van der Waals surface area contributed by atoms with Crippen LogP contribution in [0.15, 0.2) is 73.2 Å². The summed E-state index contributed by atoms with van der Waals surface area (Å²) in [6.07, 6.45) is -3.97. The first-order chi connectivity index (χ1) is 31.3. The van der Waals surface area contributed by atoms with E-state index in [-0.39, 0.29) is 37.3 Å². The van der Waals surface area contributed by atoms with Crippen LogP contribution in [0.1, 0.15) is 41.3 Å². The number of thiophene rings is 1. The molecule has 0 amide bonds. The first kappa shape index (κ1) is 46.1. The predicted molar refractivity (Wildman–Crippen MR) is 240 cm³/mol. The average Bonchev–Trinajstić information content (AvgIpc) is 3.67. The van der Waals surface area contributed by atoms with Crippen molar-refractivity contribution in [3.63, 3.8) is 0 Å². The number of carbonyl (C=O) groups excluding carboxylic acids is 1. The van der Waals surface area contributed by atoms with Gasteiger partial charge in [0.2, 0.25) is 12.0 Å². The smallest absolute Gasteiger partial charge is 0.392 e. The highest BCUT2D eigenvalue weighted by atomic mass is 35.5. The zero-order chi connectivity index (χ0) is 45.7. The number of esters is 1. The minimum atomic E-state index is -4.39. The van der Waals surface area contributed by atoms with E-state index >= 15 is 0 Å². The maximum absolute atomic E-state index is 14.3. The highest BCUT2D eigenvalue weighted by Crippen LogP contribution is 2.49. The number of rotatable bonds is 12. The van der Waals surface area contributed by atoms with E-state index in [1.165, 1.54) is 36.0 Å². The molecule has 6 heterocycles. The summed E-state index contributed by atoms with van der Waals surface area (Å²) >= 11 is 8.77. The molecule has 0 unspecified atom stereocenters.